The molecule has 0 radical (unpaired) electrons. The average Bonchev–Trinajstić information content (AvgIpc) is 2.61. The Hall–Kier alpha value is -2.82. The van der Waals surface area contributed by atoms with Crippen LogP contribution in [0.1, 0.15) is 61.5 Å². The second kappa shape index (κ2) is 7.43. The maximum atomic E-state index is 12.1. The number of hydrogen-bond acceptors (Lipinski definition) is 4. The van der Waals surface area contributed by atoms with E-state index in [1.54, 1.807) is 18.3 Å². The molecular weight excluding hydrogens is 338 g/mol. The third-order valence-corrected chi connectivity index (χ3v) is 5.21. The Morgan fingerprint density at radius 3 is 2.81 bits per heavy atom. The molecule has 0 fully saturated rings. The molecule has 1 unspecified atom stereocenters. The first-order valence-corrected chi connectivity index (χ1v) is 9.36. The fourth-order valence-corrected chi connectivity index (χ4v) is 4.06. The molecule has 142 valence electrons. The topological polar surface area (TPSA) is 64.9 Å². The number of carbonyl (C=O) groups excluding carboxylic acids is 1. The van der Waals surface area contributed by atoms with E-state index in [0.29, 0.717) is 11.5 Å². The first-order chi connectivity index (χ1) is 12.8. The van der Waals surface area contributed by atoms with Crippen molar-refractivity contribution in [3.8, 4) is 5.75 Å². The van der Waals surface area contributed by atoms with Gasteiger partial charge in [0, 0.05) is 23.3 Å². The van der Waals surface area contributed by atoms with Crippen molar-refractivity contribution in [3.63, 3.8) is 0 Å². The largest absolute Gasteiger partial charge is 0.508 e. The van der Waals surface area contributed by atoms with Gasteiger partial charge in [0.2, 0.25) is 0 Å². The fraction of sp³-hybridized carbons (Fsp3) is 0.364. The molecule has 2 N–H and O–H groups in total. The van der Waals surface area contributed by atoms with Gasteiger partial charge in [-0.2, -0.15) is 5.10 Å². The molecule has 0 saturated heterocycles. The van der Waals surface area contributed by atoms with E-state index in [2.05, 4.69) is 55.3 Å². The number of rotatable bonds is 4. The summed E-state index contributed by atoms with van der Waals surface area (Å²) in [6.45, 7) is 10.0. The SMILES string of the molecule is CCN1c2ccc(/C=N/NC(=O)c3cccc(O)c3)cc2C(C)CC1(C)C. The number of nitrogens with zero attached hydrogens (tertiary/aromatic N) is 2. The molecule has 2 aromatic rings. The lowest BCUT2D eigenvalue weighted by molar-refractivity contribution is 0.0954. The molecule has 1 aliphatic rings. The molecule has 5 nitrogen and oxygen atoms in total. The van der Waals surface area contributed by atoms with Gasteiger partial charge < -0.3 is 10.0 Å². The highest BCUT2D eigenvalue weighted by atomic mass is 16.3. The number of carbonyl (C=O) groups is 1. The Balaban J connectivity index is 1.76. The summed E-state index contributed by atoms with van der Waals surface area (Å²) >= 11 is 0. The van der Waals surface area contributed by atoms with Crippen LogP contribution >= 0.6 is 0 Å². The summed E-state index contributed by atoms with van der Waals surface area (Å²) in [5.74, 6) is 0.166. The van der Waals surface area contributed by atoms with Crippen molar-refractivity contribution in [3.05, 3.63) is 59.2 Å². The molecule has 0 spiro atoms. The van der Waals surface area contributed by atoms with Crippen LogP contribution in [-0.2, 0) is 0 Å². The van der Waals surface area contributed by atoms with Gasteiger partial charge in [0.25, 0.3) is 5.91 Å². The van der Waals surface area contributed by atoms with Crippen LogP contribution in [0.3, 0.4) is 0 Å². The maximum Gasteiger partial charge on any atom is 0.271 e. The molecule has 2 aromatic carbocycles. The van der Waals surface area contributed by atoms with Gasteiger partial charge >= 0.3 is 0 Å². The Bertz CT molecular complexity index is 874. The summed E-state index contributed by atoms with van der Waals surface area (Å²) in [4.78, 5) is 14.5. The summed E-state index contributed by atoms with van der Waals surface area (Å²) in [5, 5.41) is 13.5. The number of hydrogen-bond donors (Lipinski definition) is 2. The second-order valence-electron chi connectivity index (χ2n) is 7.73. The molecule has 0 saturated carbocycles. The Morgan fingerprint density at radius 2 is 2.11 bits per heavy atom. The maximum absolute atomic E-state index is 12.1. The van der Waals surface area contributed by atoms with Gasteiger partial charge in [-0.05, 0) is 74.6 Å². The van der Waals surface area contributed by atoms with Gasteiger partial charge in [-0.25, -0.2) is 5.43 Å². The van der Waals surface area contributed by atoms with E-state index in [0.717, 1.165) is 18.5 Å². The normalized spacial score (nSPS) is 18.4. The van der Waals surface area contributed by atoms with Crippen LogP contribution in [0.2, 0.25) is 0 Å². The number of amides is 1. The van der Waals surface area contributed by atoms with E-state index >= 15 is 0 Å². The molecule has 0 aliphatic carbocycles. The van der Waals surface area contributed by atoms with E-state index in [-0.39, 0.29) is 17.2 Å². The Kier molecular flexibility index (Phi) is 5.22. The third kappa shape index (κ3) is 3.97. The van der Waals surface area contributed by atoms with Crippen LogP contribution in [-0.4, -0.2) is 29.3 Å². The van der Waals surface area contributed by atoms with Gasteiger partial charge in [-0.1, -0.05) is 19.1 Å². The summed E-state index contributed by atoms with van der Waals surface area (Å²) in [5.41, 5.74) is 6.57. The van der Waals surface area contributed by atoms with Crippen molar-refractivity contribution >= 4 is 17.8 Å². The minimum atomic E-state index is -0.354. The lowest BCUT2D eigenvalue weighted by Gasteiger charge is -2.47. The van der Waals surface area contributed by atoms with Crippen molar-refractivity contribution < 1.29 is 9.90 Å². The Labute approximate surface area is 160 Å². The molecule has 3 rings (SSSR count). The predicted octanol–water partition coefficient (Wildman–Crippen LogP) is 4.27. The van der Waals surface area contributed by atoms with Crippen molar-refractivity contribution in [2.45, 2.75) is 45.6 Å². The van der Waals surface area contributed by atoms with Gasteiger partial charge in [-0.3, -0.25) is 4.79 Å². The number of phenolic OH excluding ortho intramolecular Hbond substituents is 1. The highest BCUT2D eigenvalue weighted by Crippen LogP contribution is 2.43. The van der Waals surface area contributed by atoms with Gasteiger partial charge in [0.15, 0.2) is 0 Å². The van der Waals surface area contributed by atoms with E-state index in [9.17, 15) is 9.90 Å². The molecule has 1 amide bonds. The minimum absolute atomic E-state index is 0.0544. The lowest BCUT2D eigenvalue weighted by Crippen LogP contribution is -2.48. The van der Waals surface area contributed by atoms with Crippen LogP contribution in [0, 0.1) is 0 Å². The Morgan fingerprint density at radius 1 is 1.33 bits per heavy atom. The van der Waals surface area contributed by atoms with Crippen LogP contribution in [0.4, 0.5) is 5.69 Å². The van der Waals surface area contributed by atoms with Crippen molar-refractivity contribution in [1.29, 1.82) is 0 Å². The van der Waals surface area contributed by atoms with Crippen LogP contribution in [0.5, 0.6) is 5.75 Å². The minimum Gasteiger partial charge on any atom is -0.508 e. The zero-order valence-corrected chi connectivity index (χ0v) is 16.4. The van der Waals surface area contributed by atoms with E-state index in [1.807, 2.05) is 6.07 Å². The van der Waals surface area contributed by atoms with Crippen molar-refractivity contribution in [2.24, 2.45) is 5.10 Å². The van der Waals surface area contributed by atoms with Gasteiger partial charge in [0.05, 0.1) is 6.21 Å². The summed E-state index contributed by atoms with van der Waals surface area (Å²) in [7, 11) is 0. The number of anilines is 1. The standard InChI is InChI=1S/C22H27N3O2/c1-5-25-20-10-9-16(11-19(20)15(2)13-22(25,3)4)14-23-24-21(27)17-7-6-8-18(26)12-17/h6-12,14-15,26H,5,13H2,1-4H3,(H,24,27)/b23-14+. The third-order valence-electron chi connectivity index (χ3n) is 5.21. The summed E-state index contributed by atoms with van der Waals surface area (Å²) < 4.78 is 0. The molecule has 1 heterocycles. The number of benzene rings is 2. The quantitative estimate of drug-likeness (QED) is 0.628. The first kappa shape index (κ1) is 19.0. The van der Waals surface area contributed by atoms with Crippen molar-refractivity contribution in [2.75, 3.05) is 11.4 Å². The summed E-state index contributed by atoms with van der Waals surface area (Å²) in [6, 6.07) is 12.5. The smallest absolute Gasteiger partial charge is 0.271 e. The lowest BCUT2D eigenvalue weighted by atomic mass is 9.79. The number of aromatic hydroxyl groups is 1. The zero-order chi connectivity index (χ0) is 19.6. The monoisotopic (exact) mass is 365 g/mol. The molecule has 1 aliphatic heterocycles. The highest BCUT2D eigenvalue weighted by Gasteiger charge is 2.35. The number of hydrazone groups is 1. The first-order valence-electron chi connectivity index (χ1n) is 9.36. The van der Waals surface area contributed by atoms with Crippen molar-refractivity contribution in [1.82, 2.24) is 5.43 Å². The predicted molar refractivity (Wildman–Crippen MR) is 110 cm³/mol. The van der Waals surface area contributed by atoms with E-state index in [4.69, 9.17) is 0 Å². The van der Waals surface area contributed by atoms with Gasteiger partial charge in [-0.15, -0.1) is 0 Å². The molecule has 0 aromatic heterocycles. The van der Waals surface area contributed by atoms with Crippen LogP contribution in [0.25, 0.3) is 0 Å². The average molecular weight is 365 g/mol. The zero-order valence-electron chi connectivity index (χ0n) is 16.4. The van der Waals surface area contributed by atoms with Crippen LogP contribution in [0.15, 0.2) is 47.6 Å². The summed E-state index contributed by atoms with van der Waals surface area (Å²) in [6.07, 6.45) is 2.76. The van der Waals surface area contributed by atoms with E-state index in [1.165, 1.54) is 23.4 Å². The van der Waals surface area contributed by atoms with Gasteiger partial charge in [0.1, 0.15) is 5.75 Å². The number of fused-ring (bicyclic) bond motifs is 1. The molecular formula is C22H27N3O2. The van der Waals surface area contributed by atoms with Crippen LogP contribution < -0.4 is 10.3 Å². The molecule has 1 atom stereocenters. The van der Waals surface area contributed by atoms with E-state index < -0.39 is 0 Å². The molecule has 27 heavy (non-hydrogen) atoms. The number of phenols is 1. The molecule has 5 heteroatoms. The number of nitrogens with one attached hydrogen (secondary N) is 1. The second-order valence-corrected chi connectivity index (χ2v) is 7.73. The fourth-order valence-electron chi connectivity index (χ4n) is 4.06. The highest BCUT2D eigenvalue weighted by molar-refractivity contribution is 5.95. The molecule has 0 bridgehead atoms.